The number of nitrogens with zero attached hydrogens (tertiary/aromatic N) is 3. The number of anilines is 1. The lowest BCUT2D eigenvalue weighted by Crippen LogP contribution is -2.29. The number of hydrogen-bond acceptors (Lipinski definition) is 4. The maximum Gasteiger partial charge on any atom is 0.174 e. The number of hydrogen-bond donors (Lipinski definition) is 1. The monoisotopic (exact) mass is 580 g/mol. The summed E-state index contributed by atoms with van der Waals surface area (Å²) in [5.74, 6) is 2.25. The molecule has 0 radical (unpaired) electrons. The Morgan fingerprint density at radius 2 is 1.54 bits per heavy atom. The number of methoxy groups -OCH3 is 1. The van der Waals surface area contributed by atoms with Crippen LogP contribution >= 0.6 is 23.8 Å². The molecule has 41 heavy (non-hydrogen) atoms. The lowest BCUT2D eigenvalue weighted by Gasteiger charge is -2.28. The second kappa shape index (κ2) is 11.3. The van der Waals surface area contributed by atoms with E-state index in [0.29, 0.717) is 10.1 Å². The molecule has 0 bridgehead atoms. The highest BCUT2D eigenvalue weighted by Crippen LogP contribution is 2.44. The number of aryl methyl sites for hydroxylation is 1. The second-order valence-corrected chi connectivity index (χ2v) is 10.7. The Morgan fingerprint density at radius 3 is 2.20 bits per heavy atom. The smallest absolute Gasteiger partial charge is 0.174 e. The molecule has 5 aromatic rings. The van der Waals surface area contributed by atoms with Crippen LogP contribution in [0, 0.1) is 13.8 Å². The summed E-state index contributed by atoms with van der Waals surface area (Å²) in [5, 5.41) is 4.90. The molecule has 6 rings (SSSR count). The van der Waals surface area contributed by atoms with E-state index >= 15 is 0 Å². The van der Waals surface area contributed by atoms with Crippen LogP contribution in [-0.2, 0) is 0 Å². The average Bonchev–Trinajstić information content (AvgIpc) is 3.49. The summed E-state index contributed by atoms with van der Waals surface area (Å²) in [6, 6.07) is 31.4. The normalized spacial score (nSPS) is 16.5. The molecule has 1 saturated heterocycles. The van der Waals surface area contributed by atoms with Gasteiger partial charge in [-0.1, -0.05) is 23.7 Å². The summed E-state index contributed by atoms with van der Waals surface area (Å²) in [5.41, 5.74) is 6.29. The van der Waals surface area contributed by atoms with Gasteiger partial charge in [-0.25, -0.2) is 0 Å². The van der Waals surface area contributed by atoms with Gasteiger partial charge in [0.25, 0.3) is 0 Å². The van der Waals surface area contributed by atoms with Crippen LogP contribution in [0.5, 0.6) is 17.2 Å². The topological polar surface area (TPSA) is 51.6 Å². The highest BCUT2D eigenvalue weighted by Gasteiger charge is 2.42. The van der Waals surface area contributed by atoms with Gasteiger partial charge in [-0.2, -0.15) is 0 Å². The van der Waals surface area contributed by atoms with Gasteiger partial charge in [-0.3, -0.25) is 4.98 Å². The first-order valence-electron chi connectivity index (χ1n) is 13.3. The zero-order chi connectivity index (χ0) is 28.5. The summed E-state index contributed by atoms with van der Waals surface area (Å²) in [7, 11) is 1.65. The molecule has 2 atom stereocenters. The third-order valence-corrected chi connectivity index (χ3v) is 7.91. The first kappa shape index (κ1) is 26.9. The van der Waals surface area contributed by atoms with Crippen LogP contribution < -0.4 is 19.7 Å². The van der Waals surface area contributed by atoms with Gasteiger partial charge < -0.3 is 24.3 Å². The highest BCUT2D eigenvalue weighted by atomic mass is 35.5. The average molecular weight is 581 g/mol. The van der Waals surface area contributed by atoms with Gasteiger partial charge >= 0.3 is 0 Å². The lowest BCUT2D eigenvalue weighted by atomic mass is 9.96. The van der Waals surface area contributed by atoms with Crippen molar-refractivity contribution in [2.24, 2.45) is 0 Å². The SMILES string of the molecule is COc1ccc(Oc2ccc(N3C(=S)N[C@H](c4ccccn4)[C@H]3c3cc(C)n(-c4cccc(Cl)c4)c3C)cc2)cc1. The van der Waals surface area contributed by atoms with Gasteiger partial charge in [0.15, 0.2) is 5.11 Å². The van der Waals surface area contributed by atoms with Crippen molar-refractivity contribution in [3.63, 3.8) is 0 Å². The Labute approximate surface area is 250 Å². The third-order valence-electron chi connectivity index (χ3n) is 7.36. The van der Waals surface area contributed by atoms with Crippen molar-refractivity contribution in [2.45, 2.75) is 25.9 Å². The minimum absolute atomic E-state index is 0.134. The van der Waals surface area contributed by atoms with E-state index < -0.39 is 0 Å². The summed E-state index contributed by atoms with van der Waals surface area (Å²) < 4.78 is 13.6. The first-order valence-corrected chi connectivity index (χ1v) is 14.1. The lowest BCUT2D eigenvalue weighted by molar-refractivity contribution is 0.413. The molecule has 8 heteroatoms. The van der Waals surface area contributed by atoms with Crippen LogP contribution in [0.15, 0.2) is 103 Å². The van der Waals surface area contributed by atoms with Gasteiger partial charge in [-0.05, 0) is 117 Å². The Balaban J connectivity index is 1.39. The van der Waals surface area contributed by atoms with E-state index in [9.17, 15) is 0 Å². The van der Waals surface area contributed by atoms with Crippen molar-refractivity contribution in [1.29, 1.82) is 0 Å². The number of ether oxygens (including phenoxy) is 2. The summed E-state index contributed by atoms with van der Waals surface area (Å²) >= 11 is 12.3. The molecule has 1 aliphatic heterocycles. The first-order chi connectivity index (χ1) is 19.9. The maximum atomic E-state index is 6.36. The molecule has 3 aromatic carbocycles. The van der Waals surface area contributed by atoms with Crippen molar-refractivity contribution in [2.75, 3.05) is 12.0 Å². The Bertz CT molecular complexity index is 1690. The van der Waals surface area contributed by atoms with Crippen molar-refractivity contribution in [3.05, 3.63) is 131 Å². The van der Waals surface area contributed by atoms with E-state index in [4.69, 9.17) is 38.3 Å². The molecule has 0 unspecified atom stereocenters. The van der Waals surface area contributed by atoms with Crippen LogP contribution in [0.2, 0.25) is 5.02 Å². The molecular formula is C33H29ClN4O2S. The number of nitrogens with one attached hydrogen (secondary N) is 1. The van der Waals surface area contributed by atoms with Crippen LogP contribution in [0.4, 0.5) is 5.69 Å². The van der Waals surface area contributed by atoms with Gasteiger partial charge in [0.05, 0.1) is 24.9 Å². The predicted molar refractivity (Wildman–Crippen MR) is 168 cm³/mol. The molecule has 0 saturated carbocycles. The van der Waals surface area contributed by atoms with Gasteiger partial charge in [0.2, 0.25) is 0 Å². The molecule has 3 heterocycles. The molecule has 1 fully saturated rings. The summed E-state index contributed by atoms with van der Waals surface area (Å²) in [6.45, 7) is 4.26. The number of aromatic nitrogens is 2. The van der Waals surface area contributed by atoms with Gasteiger partial charge in [0, 0.05) is 34.0 Å². The fourth-order valence-electron chi connectivity index (χ4n) is 5.50. The number of benzene rings is 3. The Hall–Kier alpha value is -4.33. The Kier molecular flexibility index (Phi) is 7.39. The molecule has 1 N–H and O–H groups in total. The van der Waals surface area contributed by atoms with E-state index in [1.807, 2.05) is 91.1 Å². The van der Waals surface area contributed by atoms with Crippen molar-refractivity contribution < 1.29 is 9.47 Å². The fourth-order valence-corrected chi connectivity index (χ4v) is 6.03. The minimum Gasteiger partial charge on any atom is -0.497 e. The Morgan fingerprint density at radius 1 is 0.829 bits per heavy atom. The van der Waals surface area contributed by atoms with Crippen LogP contribution in [0.3, 0.4) is 0 Å². The predicted octanol–water partition coefficient (Wildman–Crippen LogP) is 8.12. The van der Waals surface area contributed by atoms with E-state index in [1.54, 1.807) is 7.11 Å². The quantitative estimate of drug-likeness (QED) is 0.196. The van der Waals surface area contributed by atoms with Gasteiger partial charge in [-0.15, -0.1) is 0 Å². The standard InChI is InChI=1S/C33H29ClN4O2S/c1-21-19-29(22(2)37(21)25-8-6-7-23(34)20-25)32-31(30-9-4-5-18-35-30)36-33(41)38(32)24-10-12-27(13-11-24)40-28-16-14-26(39-3)15-17-28/h4-20,31-32H,1-3H3,(H,36,41)/t31-,32-/m1/s1. The molecule has 0 aliphatic carbocycles. The number of halogens is 1. The summed E-state index contributed by atoms with van der Waals surface area (Å²) in [6.07, 6.45) is 1.82. The minimum atomic E-state index is -0.146. The molecule has 2 aromatic heterocycles. The molecule has 6 nitrogen and oxygen atoms in total. The number of rotatable bonds is 7. The highest BCUT2D eigenvalue weighted by molar-refractivity contribution is 7.80. The van der Waals surface area contributed by atoms with Crippen molar-refractivity contribution >= 4 is 34.6 Å². The zero-order valence-electron chi connectivity index (χ0n) is 22.9. The zero-order valence-corrected chi connectivity index (χ0v) is 24.5. The van der Waals surface area contributed by atoms with E-state index in [-0.39, 0.29) is 12.1 Å². The molecular weight excluding hydrogens is 552 g/mol. The second-order valence-electron chi connectivity index (χ2n) is 9.91. The van der Waals surface area contributed by atoms with Crippen LogP contribution in [0.25, 0.3) is 5.69 Å². The molecule has 206 valence electrons. The molecule has 0 amide bonds. The third kappa shape index (κ3) is 5.26. The largest absolute Gasteiger partial charge is 0.497 e. The number of thiocarbonyl (C=S) groups is 1. The fraction of sp³-hybridized carbons (Fsp3) is 0.152. The number of pyridine rings is 1. The van der Waals surface area contributed by atoms with Crippen LogP contribution in [-0.4, -0.2) is 21.8 Å². The summed E-state index contributed by atoms with van der Waals surface area (Å²) in [4.78, 5) is 6.88. The van der Waals surface area contributed by atoms with E-state index in [2.05, 4.69) is 40.8 Å². The maximum absolute atomic E-state index is 6.36. The van der Waals surface area contributed by atoms with Crippen molar-refractivity contribution in [3.8, 4) is 22.9 Å². The van der Waals surface area contributed by atoms with E-state index in [1.165, 1.54) is 0 Å². The van der Waals surface area contributed by atoms with E-state index in [0.717, 1.165) is 51.3 Å². The molecule has 1 aliphatic rings. The molecule has 0 spiro atoms. The van der Waals surface area contributed by atoms with Crippen molar-refractivity contribution in [1.82, 2.24) is 14.9 Å². The van der Waals surface area contributed by atoms with Crippen LogP contribution in [0.1, 0.15) is 34.7 Å². The van der Waals surface area contributed by atoms with Gasteiger partial charge in [0.1, 0.15) is 17.2 Å².